The van der Waals surface area contributed by atoms with Crippen molar-refractivity contribution in [1.29, 1.82) is 0 Å². The fourth-order valence-corrected chi connectivity index (χ4v) is 2.73. The molecule has 0 atom stereocenters. The number of rotatable bonds is 9. The molecule has 0 radical (unpaired) electrons. The molecule has 0 bridgehead atoms. The van der Waals surface area contributed by atoms with E-state index in [2.05, 4.69) is 13.0 Å². The van der Waals surface area contributed by atoms with Gasteiger partial charge in [0.25, 0.3) is 0 Å². The Kier molecular flexibility index (Phi) is 7.13. The Morgan fingerprint density at radius 2 is 1.88 bits per heavy atom. The Morgan fingerprint density at radius 1 is 1.12 bits per heavy atom. The van der Waals surface area contributed by atoms with Gasteiger partial charge in [-0.2, -0.15) is 0 Å². The first-order chi connectivity index (χ1) is 11.6. The lowest BCUT2D eigenvalue weighted by Crippen LogP contribution is -1.98. The fraction of sp³-hybridized carbons (Fsp3) is 0.350. The largest absolute Gasteiger partial charge is 0.494 e. The molecule has 128 valence electrons. The average molecular weight is 347 g/mol. The Morgan fingerprint density at radius 3 is 2.50 bits per heavy atom. The van der Waals surface area contributed by atoms with E-state index in [1.54, 1.807) is 0 Å². The summed E-state index contributed by atoms with van der Waals surface area (Å²) >= 11 is 5.66. The van der Waals surface area contributed by atoms with Crippen LogP contribution in [0.4, 0.5) is 0 Å². The molecule has 0 aliphatic rings. The standard InChI is InChI=1S/C20H23ClO3/c1-15-14-18(24-13-3-2-12-21)9-10-19(15)17-7-4-16(5-8-17)6-11-20(22)23/h4-5,7-10,14H,2-3,6,11-13H2,1H3,(H,22,23). The molecule has 24 heavy (non-hydrogen) atoms. The van der Waals surface area contributed by atoms with Gasteiger partial charge in [0, 0.05) is 12.3 Å². The average Bonchev–Trinajstić information content (AvgIpc) is 2.58. The minimum Gasteiger partial charge on any atom is -0.494 e. The van der Waals surface area contributed by atoms with E-state index < -0.39 is 5.97 Å². The van der Waals surface area contributed by atoms with Gasteiger partial charge >= 0.3 is 5.97 Å². The van der Waals surface area contributed by atoms with Crippen molar-refractivity contribution < 1.29 is 14.6 Å². The molecule has 1 N–H and O–H groups in total. The van der Waals surface area contributed by atoms with Gasteiger partial charge in [0.2, 0.25) is 0 Å². The predicted octanol–water partition coefficient (Wildman–Crippen LogP) is 5.08. The molecule has 3 nitrogen and oxygen atoms in total. The summed E-state index contributed by atoms with van der Waals surface area (Å²) in [4.78, 5) is 10.6. The van der Waals surface area contributed by atoms with Crippen LogP contribution in [-0.4, -0.2) is 23.6 Å². The number of hydrogen-bond donors (Lipinski definition) is 1. The van der Waals surface area contributed by atoms with E-state index in [9.17, 15) is 4.79 Å². The second-order valence-corrected chi connectivity index (χ2v) is 6.19. The molecule has 4 heteroatoms. The zero-order chi connectivity index (χ0) is 17.4. The van der Waals surface area contributed by atoms with Gasteiger partial charge in [-0.15, -0.1) is 11.6 Å². The van der Waals surface area contributed by atoms with Crippen molar-refractivity contribution in [2.45, 2.75) is 32.6 Å². The number of unbranched alkanes of at least 4 members (excludes halogenated alkanes) is 1. The summed E-state index contributed by atoms with van der Waals surface area (Å²) in [5.74, 6) is 0.782. The zero-order valence-electron chi connectivity index (χ0n) is 13.9. The summed E-state index contributed by atoms with van der Waals surface area (Å²) in [5, 5.41) is 8.74. The molecule has 2 aromatic rings. The highest BCUT2D eigenvalue weighted by Crippen LogP contribution is 2.27. The second-order valence-electron chi connectivity index (χ2n) is 5.81. The van der Waals surface area contributed by atoms with Gasteiger partial charge in [0.15, 0.2) is 0 Å². The van der Waals surface area contributed by atoms with Gasteiger partial charge in [0.1, 0.15) is 5.75 Å². The second kappa shape index (κ2) is 9.33. The lowest BCUT2D eigenvalue weighted by Gasteiger charge is -2.11. The molecule has 0 aromatic heterocycles. The number of aliphatic carboxylic acids is 1. The van der Waals surface area contributed by atoms with Crippen LogP contribution in [0.2, 0.25) is 0 Å². The van der Waals surface area contributed by atoms with Crippen LogP contribution in [0.1, 0.15) is 30.4 Å². The highest BCUT2D eigenvalue weighted by Gasteiger charge is 2.05. The van der Waals surface area contributed by atoms with E-state index >= 15 is 0 Å². The molecule has 0 heterocycles. The van der Waals surface area contributed by atoms with Gasteiger partial charge < -0.3 is 9.84 Å². The number of halogens is 1. The van der Waals surface area contributed by atoms with E-state index in [0.717, 1.165) is 40.8 Å². The number of carboxylic acids is 1. The molecule has 0 fully saturated rings. The van der Waals surface area contributed by atoms with Crippen molar-refractivity contribution >= 4 is 17.6 Å². The minimum atomic E-state index is -0.767. The summed E-state index contributed by atoms with van der Waals surface area (Å²) in [6, 6.07) is 14.2. The summed E-state index contributed by atoms with van der Waals surface area (Å²) in [7, 11) is 0. The summed E-state index contributed by atoms with van der Waals surface area (Å²) in [6.07, 6.45) is 2.65. The first-order valence-electron chi connectivity index (χ1n) is 8.20. The number of alkyl halides is 1. The van der Waals surface area contributed by atoms with E-state index in [4.69, 9.17) is 21.4 Å². The first-order valence-corrected chi connectivity index (χ1v) is 8.74. The summed E-state index contributed by atoms with van der Waals surface area (Å²) in [6.45, 7) is 2.75. The third kappa shape index (κ3) is 5.57. The summed E-state index contributed by atoms with van der Waals surface area (Å²) < 4.78 is 5.74. The maximum Gasteiger partial charge on any atom is 0.303 e. The fourth-order valence-electron chi connectivity index (χ4n) is 2.54. The SMILES string of the molecule is Cc1cc(OCCCCCl)ccc1-c1ccc(CCC(=O)O)cc1. The molecule has 0 saturated carbocycles. The van der Waals surface area contributed by atoms with Crippen LogP contribution < -0.4 is 4.74 Å². The number of carbonyl (C=O) groups is 1. The molecule has 0 unspecified atom stereocenters. The van der Waals surface area contributed by atoms with Crippen LogP contribution in [0.15, 0.2) is 42.5 Å². The van der Waals surface area contributed by atoms with Crippen molar-refractivity contribution in [2.75, 3.05) is 12.5 Å². The quantitative estimate of drug-likeness (QED) is 0.509. The van der Waals surface area contributed by atoms with Gasteiger partial charge in [-0.25, -0.2) is 0 Å². The Hall–Kier alpha value is -2.00. The smallest absolute Gasteiger partial charge is 0.303 e. The Balaban J connectivity index is 2.02. The van der Waals surface area contributed by atoms with Crippen LogP contribution in [0.25, 0.3) is 11.1 Å². The monoisotopic (exact) mass is 346 g/mol. The molecule has 2 rings (SSSR count). The van der Waals surface area contributed by atoms with Gasteiger partial charge in [-0.05, 0) is 60.6 Å². The van der Waals surface area contributed by atoms with Crippen molar-refractivity contribution in [3.8, 4) is 16.9 Å². The Bertz CT molecular complexity index is 665. The third-order valence-electron chi connectivity index (χ3n) is 3.89. The number of aryl methyl sites for hydroxylation is 2. The number of benzene rings is 2. The maximum absolute atomic E-state index is 10.6. The van der Waals surface area contributed by atoms with E-state index in [1.165, 1.54) is 0 Å². The van der Waals surface area contributed by atoms with Gasteiger partial charge in [0.05, 0.1) is 6.61 Å². The molecular formula is C20H23ClO3. The molecule has 0 spiro atoms. The van der Waals surface area contributed by atoms with Crippen molar-refractivity contribution in [2.24, 2.45) is 0 Å². The first kappa shape index (κ1) is 18.3. The van der Waals surface area contributed by atoms with Crippen LogP contribution >= 0.6 is 11.6 Å². The Labute approximate surface area is 148 Å². The topological polar surface area (TPSA) is 46.5 Å². The number of carboxylic acid groups (broad SMARTS) is 1. The summed E-state index contributed by atoms with van der Waals surface area (Å²) in [5.41, 5.74) is 4.48. The van der Waals surface area contributed by atoms with Gasteiger partial charge in [-0.1, -0.05) is 30.3 Å². The molecular weight excluding hydrogens is 324 g/mol. The van der Waals surface area contributed by atoms with E-state index in [1.807, 2.05) is 36.4 Å². The molecule has 0 saturated heterocycles. The number of ether oxygens (including phenoxy) is 1. The molecule has 2 aromatic carbocycles. The van der Waals surface area contributed by atoms with E-state index in [-0.39, 0.29) is 6.42 Å². The van der Waals surface area contributed by atoms with Gasteiger partial charge in [-0.3, -0.25) is 4.79 Å². The molecule has 0 amide bonds. The maximum atomic E-state index is 10.6. The molecule has 0 aliphatic heterocycles. The van der Waals surface area contributed by atoms with E-state index in [0.29, 0.717) is 18.9 Å². The predicted molar refractivity (Wildman–Crippen MR) is 98.0 cm³/mol. The molecule has 0 aliphatic carbocycles. The van der Waals surface area contributed by atoms with Crippen molar-refractivity contribution in [3.63, 3.8) is 0 Å². The van der Waals surface area contributed by atoms with Crippen molar-refractivity contribution in [1.82, 2.24) is 0 Å². The minimum absolute atomic E-state index is 0.161. The van der Waals surface area contributed by atoms with Crippen LogP contribution in [0, 0.1) is 6.92 Å². The highest BCUT2D eigenvalue weighted by molar-refractivity contribution is 6.17. The zero-order valence-corrected chi connectivity index (χ0v) is 14.7. The lowest BCUT2D eigenvalue weighted by atomic mass is 9.98. The van der Waals surface area contributed by atoms with Crippen LogP contribution in [-0.2, 0) is 11.2 Å². The normalized spacial score (nSPS) is 10.6. The lowest BCUT2D eigenvalue weighted by molar-refractivity contribution is -0.136. The van der Waals surface area contributed by atoms with Crippen molar-refractivity contribution in [3.05, 3.63) is 53.6 Å². The number of hydrogen-bond acceptors (Lipinski definition) is 2. The highest BCUT2D eigenvalue weighted by atomic mass is 35.5. The van der Waals surface area contributed by atoms with Crippen LogP contribution in [0.5, 0.6) is 5.75 Å². The third-order valence-corrected chi connectivity index (χ3v) is 4.15. The van der Waals surface area contributed by atoms with Crippen LogP contribution in [0.3, 0.4) is 0 Å².